The third-order valence-corrected chi connectivity index (χ3v) is 8.94. The Labute approximate surface area is 247 Å². The first-order chi connectivity index (χ1) is 20.0. The largest absolute Gasteiger partial charge is 0.493 e. The highest BCUT2D eigenvalue weighted by atomic mass is 16.6. The zero-order chi connectivity index (χ0) is 30.1. The summed E-state index contributed by atoms with van der Waals surface area (Å²) in [7, 11) is 1.26. The Morgan fingerprint density at radius 3 is 2.55 bits per heavy atom. The van der Waals surface area contributed by atoms with Gasteiger partial charge in [0.1, 0.15) is 23.9 Å². The molecule has 3 aliphatic heterocycles. The minimum atomic E-state index is -0.967. The molecule has 1 aromatic carbocycles. The highest BCUT2D eigenvalue weighted by Crippen LogP contribution is 2.50. The monoisotopic (exact) mass is 585 g/mol. The molecular formula is C31H43N3O8. The maximum atomic E-state index is 13.9. The van der Waals surface area contributed by atoms with E-state index in [9.17, 15) is 19.2 Å². The molecule has 3 atom stereocenters. The third kappa shape index (κ3) is 6.60. The number of carbonyl (C=O) groups is 4. The molecule has 5 rings (SSSR count). The molecule has 42 heavy (non-hydrogen) atoms. The molecule has 0 aromatic heterocycles. The molecule has 0 radical (unpaired) electrons. The predicted octanol–water partition coefficient (Wildman–Crippen LogP) is 4.16. The van der Waals surface area contributed by atoms with Crippen molar-refractivity contribution in [1.82, 2.24) is 15.1 Å². The van der Waals surface area contributed by atoms with Crippen LogP contribution in [0.25, 0.3) is 0 Å². The zero-order valence-corrected chi connectivity index (χ0v) is 25.1. The Hall–Kier alpha value is -3.50. The summed E-state index contributed by atoms with van der Waals surface area (Å²) >= 11 is 0. The summed E-state index contributed by atoms with van der Waals surface area (Å²) in [5, 5.41) is 2.77. The molecule has 1 unspecified atom stereocenters. The quantitative estimate of drug-likeness (QED) is 0.385. The van der Waals surface area contributed by atoms with Crippen LogP contribution in [0, 0.1) is 10.8 Å². The van der Waals surface area contributed by atoms with E-state index in [4.69, 9.17) is 18.9 Å². The standard InChI is InChI=1S/C31H43N3O8/c1-30(2,3)25-26(35)34-17-21(15-23(34)27(36)39-4)42-29(38)33-16-20-9-8-10-24(22(20)18-33)40-14-7-5-6-11-31(12-13-31)19-41-28(37)32-25/h8-10,21,23,25H,5-7,11-19H2,1-4H3,(H,32,37)/t21-,23?,25-/m1/s1. The molecule has 11 nitrogen and oxygen atoms in total. The van der Waals surface area contributed by atoms with Crippen molar-refractivity contribution in [2.75, 3.05) is 26.9 Å². The molecule has 1 spiro atoms. The van der Waals surface area contributed by atoms with E-state index in [-0.39, 0.29) is 18.4 Å². The van der Waals surface area contributed by atoms with Gasteiger partial charge in [-0.15, -0.1) is 0 Å². The number of esters is 1. The fourth-order valence-electron chi connectivity index (χ4n) is 6.16. The van der Waals surface area contributed by atoms with Gasteiger partial charge in [0.2, 0.25) is 5.91 Å². The van der Waals surface area contributed by atoms with Gasteiger partial charge in [0.05, 0.1) is 33.4 Å². The summed E-state index contributed by atoms with van der Waals surface area (Å²) in [5.74, 6) is -0.277. The number of methoxy groups -OCH3 is 1. The first-order valence-electron chi connectivity index (χ1n) is 15.0. The molecule has 1 aromatic rings. The van der Waals surface area contributed by atoms with Crippen LogP contribution in [0.5, 0.6) is 5.75 Å². The normalized spacial score (nSPS) is 26.8. The molecule has 1 saturated carbocycles. The summed E-state index contributed by atoms with van der Waals surface area (Å²) in [6.45, 7) is 7.17. The number of ether oxygens (including phenoxy) is 4. The van der Waals surface area contributed by atoms with Gasteiger partial charge in [0, 0.05) is 23.9 Å². The Morgan fingerprint density at radius 2 is 1.83 bits per heavy atom. The minimum Gasteiger partial charge on any atom is -0.493 e. The molecule has 1 saturated heterocycles. The van der Waals surface area contributed by atoms with Gasteiger partial charge in [-0.05, 0) is 42.7 Å². The van der Waals surface area contributed by atoms with E-state index in [2.05, 4.69) is 5.32 Å². The fourth-order valence-corrected chi connectivity index (χ4v) is 6.16. The number of nitrogens with one attached hydrogen (secondary N) is 1. The smallest absolute Gasteiger partial charge is 0.410 e. The number of benzene rings is 1. The second-order valence-corrected chi connectivity index (χ2v) is 13.2. The molecule has 3 amide bonds. The summed E-state index contributed by atoms with van der Waals surface area (Å²) in [6, 6.07) is 3.93. The van der Waals surface area contributed by atoms with E-state index in [1.807, 2.05) is 39.0 Å². The molecule has 3 heterocycles. The molecular weight excluding hydrogens is 542 g/mol. The SMILES string of the molecule is COC(=O)C1C[C@@H]2CN1C(=O)[C@H](C(C)(C)C)NC(=O)OCC1(CCCCCOc3cccc4c3CN(C4)C(=O)O2)CC1. The Morgan fingerprint density at radius 1 is 1.05 bits per heavy atom. The van der Waals surface area contributed by atoms with Crippen LogP contribution in [-0.2, 0) is 36.9 Å². The van der Waals surface area contributed by atoms with Crippen LogP contribution >= 0.6 is 0 Å². The number of hydrogen-bond acceptors (Lipinski definition) is 8. The summed E-state index contributed by atoms with van der Waals surface area (Å²) in [6.07, 6.45) is 4.11. The Bertz CT molecular complexity index is 1210. The van der Waals surface area contributed by atoms with E-state index >= 15 is 0 Å². The van der Waals surface area contributed by atoms with Crippen molar-refractivity contribution in [2.24, 2.45) is 10.8 Å². The van der Waals surface area contributed by atoms with Crippen LogP contribution in [0.15, 0.2) is 18.2 Å². The van der Waals surface area contributed by atoms with Gasteiger partial charge in [-0.1, -0.05) is 45.7 Å². The van der Waals surface area contributed by atoms with Crippen molar-refractivity contribution in [1.29, 1.82) is 0 Å². The van der Waals surface area contributed by atoms with Crippen LogP contribution in [0.2, 0.25) is 0 Å². The van der Waals surface area contributed by atoms with E-state index < -0.39 is 47.7 Å². The number of rotatable bonds is 1. The van der Waals surface area contributed by atoms with Gasteiger partial charge in [-0.3, -0.25) is 9.69 Å². The van der Waals surface area contributed by atoms with Crippen molar-refractivity contribution in [3.05, 3.63) is 29.3 Å². The number of fused-ring (bicyclic) bond motifs is 3. The van der Waals surface area contributed by atoms with Crippen LogP contribution in [0.4, 0.5) is 9.59 Å². The molecule has 2 fully saturated rings. The van der Waals surface area contributed by atoms with Gasteiger partial charge in [0.15, 0.2) is 0 Å². The number of carbonyl (C=O) groups excluding carboxylic acids is 4. The van der Waals surface area contributed by atoms with Crippen LogP contribution in [-0.4, -0.2) is 78.9 Å². The highest BCUT2D eigenvalue weighted by Gasteiger charge is 2.48. The molecule has 4 bridgehead atoms. The fraction of sp³-hybridized carbons (Fsp3) is 0.677. The number of alkyl carbamates (subject to hydrolysis) is 1. The van der Waals surface area contributed by atoms with Gasteiger partial charge in [-0.25, -0.2) is 14.4 Å². The number of nitrogens with zero attached hydrogens (tertiary/aromatic N) is 2. The van der Waals surface area contributed by atoms with Crippen molar-refractivity contribution >= 4 is 24.1 Å². The maximum absolute atomic E-state index is 13.9. The Kier molecular flexibility index (Phi) is 8.57. The lowest BCUT2D eigenvalue weighted by Gasteiger charge is -2.34. The first-order valence-corrected chi connectivity index (χ1v) is 15.0. The zero-order valence-electron chi connectivity index (χ0n) is 25.1. The minimum absolute atomic E-state index is 0.00216. The highest BCUT2D eigenvalue weighted by molar-refractivity contribution is 5.91. The van der Waals surface area contributed by atoms with Gasteiger partial charge < -0.3 is 29.2 Å². The average Bonchev–Trinajstić information content (AvgIpc) is 3.36. The summed E-state index contributed by atoms with van der Waals surface area (Å²) in [5.41, 5.74) is 1.31. The second-order valence-electron chi connectivity index (χ2n) is 13.2. The third-order valence-electron chi connectivity index (χ3n) is 8.94. The van der Waals surface area contributed by atoms with Crippen molar-refractivity contribution < 1.29 is 38.1 Å². The van der Waals surface area contributed by atoms with Crippen molar-refractivity contribution in [2.45, 2.75) is 97.0 Å². The van der Waals surface area contributed by atoms with Crippen molar-refractivity contribution in [3.63, 3.8) is 0 Å². The Balaban J connectivity index is 1.37. The lowest BCUT2D eigenvalue weighted by atomic mass is 9.85. The van der Waals surface area contributed by atoms with E-state index in [1.54, 1.807) is 4.90 Å². The van der Waals surface area contributed by atoms with Gasteiger partial charge in [0.25, 0.3) is 0 Å². The lowest BCUT2D eigenvalue weighted by molar-refractivity contribution is -0.152. The molecule has 4 aliphatic rings. The molecule has 1 N–H and O–H groups in total. The predicted molar refractivity (Wildman–Crippen MR) is 151 cm³/mol. The van der Waals surface area contributed by atoms with Crippen molar-refractivity contribution in [3.8, 4) is 5.75 Å². The number of amides is 3. The van der Waals surface area contributed by atoms with Crippen LogP contribution in [0.1, 0.15) is 76.8 Å². The first kappa shape index (κ1) is 30.0. The van der Waals surface area contributed by atoms with Crippen LogP contribution < -0.4 is 10.1 Å². The van der Waals surface area contributed by atoms with Gasteiger partial charge >= 0.3 is 18.2 Å². The number of hydrogen-bond donors (Lipinski definition) is 1. The molecule has 11 heteroatoms. The van der Waals surface area contributed by atoms with Gasteiger partial charge in [-0.2, -0.15) is 0 Å². The van der Waals surface area contributed by atoms with E-state index in [0.29, 0.717) is 26.3 Å². The average molecular weight is 586 g/mol. The second kappa shape index (κ2) is 12.0. The number of cyclic esters (lactones) is 1. The summed E-state index contributed by atoms with van der Waals surface area (Å²) < 4.78 is 22.6. The summed E-state index contributed by atoms with van der Waals surface area (Å²) in [4.78, 5) is 55.8. The molecule has 1 aliphatic carbocycles. The lowest BCUT2D eigenvalue weighted by Crippen LogP contribution is -2.57. The maximum Gasteiger partial charge on any atom is 0.410 e. The molecule has 230 valence electrons. The van der Waals surface area contributed by atoms with E-state index in [1.165, 1.54) is 12.0 Å². The topological polar surface area (TPSA) is 124 Å². The van der Waals surface area contributed by atoms with Crippen LogP contribution in [0.3, 0.4) is 0 Å². The van der Waals surface area contributed by atoms with E-state index in [0.717, 1.165) is 55.4 Å².